The summed E-state index contributed by atoms with van der Waals surface area (Å²) < 4.78 is 3.43. The van der Waals surface area contributed by atoms with Crippen molar-refractivity contribution in [3.05, 3.63) is 40.2 Å². The van der Waals surface area contributed by atoms with Gasteiger partial charge in [0.25, 0.3) is 5.56 Å². The van der Waals surface area contributed by atoms with Crippen LogP contribution in [0.5, 0.6) is 0 Å². The molecule has 0 bridgehead atoms. The van der Waals surface area contributed by atoms with E-state index in [1.54, 1.807) is 21.8 Å². The van der Waals surface area contributed by atoms with E-state index >= 15 is 0 Å². The van der Waals surface area contributed by atoms with Crippen LogP contribution in [0, 0.1) is 0 Å². The highest BCUT2D eigenvalue weighted by Gasteiger charge is 2.21. The summed E-state index contributed by atoms with van der Waals surface area (Å²) >= 11 is 0. The van der Waals surface area contributed by atoms with Gasteiger partial charge in [0.05, 0.1) is 17.6 Å². The highest BCUT2D eigenvalue weighted by Crippen LogP contribution is 2.23. The largest absolute Gasteiger partial charge is 0.353 e. The Morgan fingerprint density at radius 3 is 2.69 bits per heavy atom. The van der Waals surface area contributed by atoms with Gasteiger partial charge in [-0.15, -0.1) is 0 Å². The van der Waals surface area contributed by atoms with Crippen molar-refractivity contribution in [2.75, 3.05) is 37.6 Å². The topological polar surface area (TPSA) is 85.0 Å². The Morgan fingerprint density at radius 1 is 1.00 bits per heavy atom. The van der Waals surface area contributed by atoms with Crippen LogP contribution < -0.4 is 10.5 Å². The van der Waals surface area contributed by atoms with Crippen molar-refractivity contribution in [2.45, 2.75) is 32.2 Å². The van der Waals surface area contributed by atoms with E-state index in [0.717, 1.165) is 73.7 Å². The van der Waals surface area contributed by atoms with Crippen molar-refractivity contribution >= 4 is 16.9 Å². The summed E-state index contributed by atoms with van der Waals surface area (Å²) in [6.07, 6.45) is 7.90. The lowest BCUT2D eigenvalue weighted by molar-refractivity contribution is 0.242. The van der Waals surface area contributed by atoms with Crippen LogP contribution in [0.15, 0.2) is 23.4 Å². The van der Waals surface area contributed by atoms with Gasteiger partial charge >= 0.3 is 0 Å². The summed E-state index contributed by atoms with van der Waals surface area (Å²) in [5, 5.41) is 10.0. The molecule has 0 saturated carbocycles. The van der Waals surface area contributed by atoms with Crippen LogP contribution in [0.1, 0.15) is 24.1 Å². The van der Waals surface area contributed by atoms with Crippen molar-refractivity contribution in [2.24, 2.45) is 7.05 Å². The van der Waals surface area contributed by atoms with Crippen LogP contribution in [0.25, 0.3) is 11.0 Å². The fraction of sp³-hybridized carbons (Fsp3) is 0.550. The zero-order valence-electron chi connectivity index (χ0n) is 16.8. The molecule has 0 N–H and O–H groups in total. The van der Waals surface area contributed by atoms with E-state index in [0.29, 0.717) is 6.54 Å². The summed E-state index contributed by atoms with van der Waals surface area (Å²) in [5.74, 6) is 0.954. The minimum Gasteiger partial charge on any atom is -0.353 e. The van der Waals surface area contributed by atoms with Crippen LogP contribution in [-0.4, -0.2) is 67.2 Å². The number of rotatable bonds is 4. The summed E-state index contributed by atoms with van der Waals surface area (Å²) in [5.41, 5.74) is 3.03. The van der Waals surface area contributed by atoms with Gasteiger partial charge in [-0.1, -0.05) is 0 Å². The van der Waals surface area contributed by atoms with Crippen molar-refractivity contribution in [1.29, 1.82) is 0 Å². The average molecular weight is 394 g/mol. The fourth-order valence-electron chi connectivity index (χ4n) is 4.37. The van der Waals surface area contributed by atoms with E-state index in [9.17, 15) is 4.79 Å². The first-order valence-electron chi connectivity index (χ1n) is 10.4. The molecule has 0 atom stereocenters. The van der Waals surface area contributed by atoms with Gasteiger partial charge in [0, 0.05) is 52.0 Å². The third-order valence-electron chi connectivity index (χ3n) is 5.98. The molecule has 3 aromatic rings. The van der Waals surface area contributed by atoms with E-state index in [-0.39, 0.29) is 5.56 Å². The lowest BCUT2D eigenvalue weighted by Gasteiger charge is -2.35. The molecule has 1 saturated heterocycles. The van der Waals surface area contributed by atoms with Crippen molar-refractivity contribution in [3.8, 4) is 0 Å². The molecule has 29 heavy (non-hydrogen) atoms. The van der Waals surface area contributed by atoms with Crippen molar-refractivity contribution in [3.63, 3.8) is 0 Å². The lowest BCUT2D eigenvalue weighted by atomic mass is 9.97. The van der Waals surface area contributed by atoms with E-state index in [2.05, 4.69) is 30.0 Å². The number of aromatic nitrogens is 6. The second kappa shape index (κ2) is 7.55. The predicted octanol–water partition coefficient (Wildman–Crippen LogP) is 0.621. The highest BCUT2D eigenvalue weighted by molar-refractivity contribution is 5.86. The minimum atomic E-state index is 0.0317. The Hall–Kier alpha value is -2.81. The Balaban J connectivity index is 1.22. The number of hydrogen-bond acceptors (Lipinski definition) is 7. The van der Waals surface area contributed by atoms with Gasteiger partial charge in [0.1, 0.15) is 12.1 Å². The van der Waals surface area contributed by atoms with Gasteiger partial charge in [0.2, 0.25) is 0 Å². The van der Waals surface area contributed by atoms with Gasteiger partial charge in [-0.05, 0) is 31.2 Å². The average Bonchev–Trinajstić information content (AvgIpc) is 3.13. The Kier molecular flexibility index (Phi) is 4.75. The number of anilines is 1. The van der Waals surface area contributed by atoms with E-state index in [4.69, 9.17) is 0 Å². The number of aryl methyl sites for hydroxylation is 3. The fourth-order valence-corrected chi connectivity index (χ4v) is 4.37. The molecule has 5 rings (SSSR count). The first kappa shape index (κ1) is 18.2. The molecule has 152 valence electrons. The van der Waals surface area contributed by atoms with E-state index in [1.807, 2.05) is 13.2 Å². The Labute approximate surface area is 169 Å². The van der Waals surface area contributed by atoms with E-state index in [1.165, 1.54) is 12.8 Å². The predicted molar refractivity (Wildman–Crippen MR) is 110 cm³/mol. The molecule has 2 aliphatic rings. The number of fused-ring (bicyclic) bond motifs is 2. The molecule has 0 radical (unpaired) electrons. The first-order valence-corrected chi connectivity index (χ1v) is 10.4. The summed E-state index contributed by atoms with van der Waals surface area (Å²) in [7, 11) is 1.90. The standard InChI is InChI=1S/C20H26N8O/c1-25-13-16-19(24-25)21-14-22-20(16)27-9-6-26(7-10-27)8-11-28-18(29)12-15-4-2-3-5-17(15)23-28/h12-14H,2-11H2,1H3. The molecule has 0 unspecified atom stereocenters. The van der Waals surface area contributed by atoms with Crippen molar-refractivity contribution < 1.29 is 0 Å². The molecular weight excluding hydrogens is 368 g/mol. The molecule has 0 aromatic carbocycles. The molecule has 9 heteroatoms. The van der Waals surface area contributed by atoms with Gasteiger partial charge in [-0.2, -0.15) is 10.2 Å². The maximum atomic E-state index is 12.4. The molecule has 1 aliphatic heterocycles. The second-order valence-corrected chi connectivity index (χ2v) is 7.95. The molecule has 4 heterocycles. The second-order valence-electron chi connectivity index (χ2n) is 7.95. The Morgan fingerprint density at radius 2 is 1.83 bits per heavy atom. The smallest absolute Gasteiger partial charge is 0.267 e. The van der Waals surface area contributed by atoms with Gasteiger partial charge in [-0.25, -0.2) is 14.6 Å². The molecule has 9 nitrogen and oxygen atoms in total. The number of nitrogens with zero attached hydrogens (tertiary/aromatic N) is 8. The molecule has 0 amide bonds. The zero-order chi connectivity index (χ0) is 19.8. The first-order chi connectivity index (χ1) is 14.2. The normalized spacial score (nSPS) is 17.6. The zero-order valence-corrected chi connectivity index (χ0v) is 16.8. The van der Waals surface area contributed by atoms with Gasteiger partial charge in [0.15, 0.2) is 5.65 Å². The summed E-state index contributed by atoms with van der Waals surface area (Å²) in [6.45, 7) is 5.15. The number of hydrogen-bond donors (Lipinski definition) is 0. The van der Waals surface area contributed by atoms with Crippen LogP contribution in [0.3, 0.4) is 0 Å². The molecular formula is C20H26N8O. The maximum absolute atomic E-state index is 12.4. The Bertz CT molecular complexity index is 1080. The van der Waals surface area contributed by atoms with E-state index < -0.39 is 0 Å². The van der Waals surface area contributed by atoms with Crippen LogP contribution in [-0.2, 0) is 26.4 Å². The van der Waals surface area contributed by atoms with Crippen LogP contribution >= 0.6 is 0 Å². The quantitative estimate of drug-likeness (QED) is 0.641. The minimum absolute atomic E-state index is 0.0317. The van der Waals surface area contributed by atoms with Crippen LogP contribution in [0.4, 0.5) is 5.82 Å². The summed E-state index contributed by atoms with van der Waals surface area (Å²) in [4.78, 5) is 25.8. The third-order valence-corrected chi connectivity index (χ3v) is 5.98. The summed E-state index contributed by atoms with van der Waals surface area (Å²) in [6, 6.07) is 1.80. The number of piperazine rings is 1. The molecule has 3 aromatic heterocycles. The molecule has 1 fully saturated rings. The maximum Gasteiger partial charge on any atom is 0.267 e. The van der Waals surface area contributed by atoms with Crippen LogP contribution in [0.2, 0.25) is 0 Å². The van der Waals surface area contributed by atoms with Gasteiger partial charge in [-0.3, -0.25) is 14.4 Å². The monoisotopic (exact) mass is 394 g/mol. The molecule has 1 aliphatic carbocycles. The molecule has 0 spiro atoms. The lowest BCUT2D eigenvalue weighted by Crippen LogP contribution is -2.48. The van der Waals surface area contributed by atoms with Crippen molar-refractivity contribution in [1.82, 2.24) is 34.4 Å². The third kappa shape index (κ3) is 3.62. The SMILES string of the molecule is Cn1cc2c(N3CCN(CCn4nc5c(cc4=O)CCCC5)CC3)ncnc2n1. The van der Waals surface area contributed by atoms with Gasteiger partial charge < -0.3 is 4.90 Å². The highest BCUT2D eigenvalue weighted by atomic mass is 16.1.